The molecule has 1 amide bonds. The lowest BCUT2D eigenvalue weighted by molar-refractivity contribution is 0.0240. The Bertz CT molecular complexity index is 1080. The summed E-state index contributed by atoms with van der Waals surface area (Å²) in [6.45, 7) is 10.2. The SMILES string of the molecule is Cc1cc(Nc2cccc(-c3ccnc(N4CCN(C(=O)OC(C)(C)C)CC4)c3)n2)n[nH]1. The standard InChI is InChI=1S/C23H29N7O2/c1-16-14-20(28-27-16)26-19-7-5-6-18(25-19)17-8-9-24-21(15-17)29-10-12-30(13-11-29)22(31)32-23(2,3)4/h5-9,14-15H,10-13H2,1-4H3,(H2,25,26,27,28). The summed E-state index contributed by atoms with van der Waals surface area (Å²) in [6.07, 6.45) is 1.53. The van der Waals surface area contributed by atoms with Gasteiger partial charge >= 0.3 is 6.09 Å². The largest absolute Gasteiger partial charge is 0.444 e. The van der Waals surface area contributed by atoms with Crippen molar-refractivity contribution in [3.05, 3.63) is 48.3 Å². The average Bonchev–Trinajstić information content (AvgIpc) is 3.17. The van der Waals surface area contributed by atoms with Crippen molar-refractivity contribution >= 4 is 23.5 Å². The van der Waals surface area contributed by atoms with Gasteiger partial charge in [-0.3, -0.25) is 5.10 Å². The van der Waals surface area contributed by atoms with Gasteiger partial charge < -0.3 is 19.9 Å². The summed E-state index contributed by atoms with van der Waals surface area (Å²) < 4.78 is 5.48. The minimum atomic E-state index is -0.490. The van der Waals surface area contributed by atoms with Crippen LogP contribution < -0.4 is 10.2 Å². The summed E-state index contributed by atoms with van der Waals surface area (Å²) >= 11 is 0. The Hall–Kier alpha value is -3.62. The molecule has 9 nitrogen and oxygen atoms in total. The molecule has 4 rings (SSSR count). The number of aromatic nitrogens is 4. The Labute approximate surface area is 187 Å². The summed E-state index contributed by atoms with van der Waals surface area (Å²) in [7, 11) is 0. The van der Waals surface area contributed by atoms with E-state index < -0.39 is 5.60 Å². The van der Waals surface area contributed by atoms with Gasteiger partial charge in [0.05, 0.1) is 5.69 Å². The van der Waals surface area contributed by atoms with E-state index in [0.29, 0.717) is 26.2 Å². The number of amides is 1. The first-order valence-corrected chi connectivity index (χ1v) is 10.7. The van der Waals surface area contributed by atoms with E-state index in [1.807, 2.05) is 64.1 Å². The van der Waals surface area contributed by atoms with Gasteiger partial charge in [-0.05, 0) is 52.0 Å². The normalized spacial score (nSPS) is 14.4. The highest BCUT2D eigenvalue weighted by Crippen LogP contribution is 2.24. The van der Waals surface area contributed by atoms with Crippen molar-refractivity contribution in [1.29, 1.82) is 0 Å². The fourth-order valence-electron chi connectivity index (χ4n) is 3.47. The molecule has 0 aromatic carbocycles. The number of hydrogen-bond donors (Lipinski definition) is 2. The molecule has 1 aliphatic rings. The average molecular weight is 436 g/mol. The molecule has 4 heterocycles. The molecule has 1 saturated heterocycles. The van der Waals surface area contributed by atoms with E-state index in [0.717, 1.165) is 34.4 Å². The molecule has 0 aliphatic carbocycles. The highest BCUT2D eigenvalue weighted by atomic mass is 16.6. The van der Waals surface area contributed by atoms with Crippen LogP contribution in [0.1, 0.15) is 26.5 Å². The maximum absolute atomic E-state index is 12.3. The minimum absolute atomic E-state index is 0.264. The van der Waals surface area contributed by atoms with Gasteiger partial charge in [-0.1, -0.05) is 6.07 Å². The van der Waals surface area contributed by atoms with E-state index in [1.54, 1.807) is 11.1 Å². The number of pyridine rings is 2. The van der Waals surface area contributed by atoms with Crippen LogP contribution >= 0.6 is 0 Å². The van der Waals surface area contributed by atoms with Crippen LogP contribution in [0.15, 0.2) is 42.6 Å². The Morgan fingerprint density at radius 3 is 2.56 bits per heavy atom. The van der Waals surface area contributed by atoms with Crippen LogP contribution in [0.3, 0.4) is 0 Å². The van der Waals surface area contributed by atoms with Crippen molar-refractivity contribution in [3.63, 3.8) is 0 Å². The molecule has 0 atom stereocenters. The number of aromatic amines is 1. The number of ether oxygens (including phenoxy) is 1. The maximum Gasteiger partial charge on any atom is 0.410 e. The van der Waals surface area contributed by atoms with E-state index in [1.165, 1.54) is 0 Å². The van der Waals surface area contributed by atoms with Crippen LogP contribution in [0, 0.1) is 6.92 Å². The van der Waals surface area contributed by atoms with Gasteiger partial charge in [0.15, 0.2) is 5.82 Å². The highest BCUT2D eigenvalue weighted by Gasteiger charge is 2.26. The summed E-state index contributed by atoms with van der Waals surface area (Å²) in [4.78, 5) is 25.5. The fourth-order valence-corrected chi connectivity index (χ4v) is 3.47. The summed E-state index contributed by atoms with van der Waals surface area (Å²) in [5.74, 6) is 2.32. The van der Waals surface area contributed by atoms with Gasteiger partial charge in [0.2, 0.25) is 0 Å². The van der Waals surface area contributed by atoms with Gasteiger partial charge in [0.25, 0.3) is 0 Å². The zero-order chi connectivity index (χ0) is 22.7. The van der Waals surface area contributed by atoms with Crippen LogP contribution in [0.2, 0.25) is 0 Å². The van der Waals surface area contributed by atoms with Crippen molar-refractivity contribution in [1.82, 2.24) is 25.1 Å². The molecule has 32 heavy (non-hydrogen) atoms. The number of anilines is 3. The van der Waals surface area contributed by atoms with Gasteiger partial charge in [-0.25, -0.2) is 14.8 Å². The van der Waals surface area contributed by atoms with Crippen molar-refractivity contribution in [2.24, 2.45) is 0 Å². The minimum Gasteiger partial charge on any atom is -0.444 e. The molecule has 0 saturated carbocycles. The molecule has 0 radical (unpaired) electrons. The van der Waals surface area contributed by atoms with Crippen LogP contribution in [-0.4, -0.2) is 62.9 Å². The van der Waals surface area contributed by atoms with Gasteiger partial charge in [0.1, 0.15) is 17.2 Å². The third-order valence-corrected chi connectivity index (χ3v) is 5.01. The molecule has 0 unspecified atom stereocenters. The number of carbonyl (C=O) groups is 1. The number of nitrogens with zero attached hydrogens (tertiary/aromatic N) is 5. The van der Waals surface area contributed by atoms with E-state index in [-0.39, 0.29) is 6.09 Å². The first-order chi connectivity index (χ1) is 15.3. The summed E-state index contributed by atoms with van der Waals surface area (Å²) in [6, 6.07) is 11.8. The van der Waals surface area contributed by atoms with Gasteiger partial charge in [-0.15, -0.1) is 0 Å². The third kappa shape index (κ3) is 5.35. The zero-order valence-electron chi connectivity index (χ0n) is 18.9. The lowest BCUT2D eigenvalue weighted by Gasteiger charge is -2.36. The zero-order valence-corrected chi connectivity index (χ0v) is 18.9. The number of nitrogens with one attached hydrogen (secondary N) is 2. The van der Waals surface area contributed by atoms with Crippen molar-refractivity contribution in [2.45, 2.75) is 33.3 Å². The molecule has 1 aliphatic heterocycles. The lowest BCUT2D eigenvalue weighted by Crippen LogP contribution is -2.50. The fraction of sp³-hybridized carbons (Fsp3) is 0.391. The van der Waals surface area contributed by atoms with Crippen LogP contribution in [0.5, 0.6) is 0 Å². The first kappa shape index (κ1) is 21.6. The molecular formula is C23H29N7O2. The van der Waals surface area contributed by atoms with Crippen molar-refractivity contribution in [3.8, 4) is 11.3 Å². The second-order valence-corrected chi connectivity index (χ2v) is 8.83. The number of H-pyrrole nitrogens is 1. The quantitative estimate of drug-likeness (QED) is 0.639. The Kier molecular flexibility index (Phi) is 5.98. The van der Waals surface area contributed by atoms with Gasteiger partial charge in [0, 0.05) is 49.7 Å². The number of rotatable bonds is 4. The van der Waals surface area contributed by atoms with Crippen LogP contribution in [0.25, 0.3) is 11.3 Å². The smallest absolute Gasteiger partial charge is 0.410 e. The number of piperazine rings is 1. The maximum atomic E-state index is 12.3. The van der Waals surface area contributed by atoms with Crippen LogP contribution in [-0.2, 0) is 4.74 Å². The highest BCUT2D eigenvalue weighted by molar-refractivity contribution is 5.69. The van der Waals surface area contributed by atoms with E-state index in [2.05, 4.69) is 25.4 Å². The molecule has 9 heteroatoms. The van der Waals surface area contributed by atoms with Crippen molar-refractivity contribution in [2.75, 3.05) is 36.4 Å². The van der Waals surface area contributed by atoms with Crippen molar-refractivity contribution < 1.29 is 9.53 Å². The first-order valence-electron chi connectivity index (χ1n) is 10.7. The third-order valence-electron chi connectivity index (χ3n) is 5.01. The molecule has 1 fully saturated rings. The molecule has 2 N–H and O–H groups in total. The Balaban J connectivity index is 1.43. The molecular weight excluding hydrogens is 406 g/mol. The van der Waals surface area contributed by atoms with E-state index in [4.69, 9.17) is 9.72 Å². The monoisotopic (exact) mass is 435 g/mol. The summed E-state index contributed by atoms with van der Waals surface area (Å²) in [5, 5.41) is 10.3. The van der Waals surface area contributed by atoms with E-state index >= 15 is 0 Å². The topological polar surface area (TPSA) is 99.3 Å². The molecule has 0 bridgehead atoms. The lowest BCUT2D eigenvalue weighted by atomic mass is 10.1. The second-order valence-electron chi connectivity index (χ2n) is 8.83. The molecule has 3 aromatic rings. The predicted octanol–water partition coefficient (Wildman–Crippen LogP) is 3.98. The molecule has 3 aromatic heterocycles. The van der Waals surface area contributed by atoms with Crippen LogP contribution in [0.4, 0.5) is 22.2 Å². The molecule has 0 spiro atoms. The van der Waals surface area contributed by atoms with E-state index in [9.17, 15) is 4.79 Å². The molecule has 168 valence electrons. The summed E-state index contributed by atoms with van der Waals surface area (Å²) in [5.41, 5.74) is 2.31. The number of hydrogen-bond acceptors (Lipinski definition) is 7. The second kappa shape index (κ2) is 8.86. The number of carbonyl (C=O) groups excluding carboxylic acids is 1. The number of aryl methyl sites for hydroxylation is 1. The predicted molar refractivity (Wildman–Crippen MR) is 124 cm³/mol. The van der Waals surface area contributed by atoms with Gasteiger partial charge in [-0.2, -0.15) is 5.10 Å². The Morgan fingerprint density at radius 2 is 1.88 bits per heavy atom. The Morgan fingerprint density at radius 1 is 1.09 bits per heavy atom.